The van der Waals surface area contributed by atoms with Crippen LogP contribution in [0.4, 0.5) is 0 Å². The van der Waals surface area contributed by atoms with Gasteiger partial charge in [-0.25, -0.2) is 0 Å². The van der Waals surface area contributed by atoms with Crippen LogP contribution in [0, 0.1) is 10.8 Å². The molecule has 12 heavy (non-hydrogen) atoms. The van der Waals surface area contributed by atoms with E-state index in [2.05, 4.69) is 27.7 Å². The third-order valence-corrected chi connectivity index (χ3v) is 4.50. The summed E-state index contributed by atoms with van der Waals surface area (Å²) in [6.45, 7) is 10.9. The van der Waals surface area contributed by atoms with E-state index in [0.29, 0.717) is 0 Å². The van der Waals surface area contributed by atoms with Gasteiger partial charge in [-0.05, 0) is 30.6 Å². The van der Waals surface area contributed by atoms with Crippen molar-refractivity contribution in [1.82, 2.24) is 0 Å². The molecule has 0 aromatic carbocycles. The molecule has 0 aromatic heterocycles. The van der Waals surface area contributed by atoms with Gasteiger partial charge in [-0.15, -0.1) is 0 Å². The molecule has 0 heterocycles. The van der Waals surface area contributed by atoms with Crippen LogP contribution in [0.2, 0.25) is 0 Å². The molecule has 1 heteroatoms. The SMILES string of the molecule is CC1(C)CCCC(C)(O)C1(C)C. The van der Waals surface area contributed by atoms with E-state index in [9.17, 15) is 5.11 Å². The lowest BCUT2D eigenvalue weighted by molar-refractivity contribution is -0.146. The first-order valence-electron chi connectivity index (χ1n) is 4.93. The zero-order valence-corrected chi connectivity index (χ0v) is 9.07. The topological polar surface area (TPSA) is 20.2 Å². The van der Waals surface area contributed by atoms with Crippen LogP contribution in [0.1, 0.15) is 53.9 Å². The zero-order valence-electron chi connectivity index (χ0n) is 9.07. The second-order valence-electron chi connectivity index (χ2n) is 5.64. The van der Waals surface area contributed by atoms with Crippen molar-refractivity contribution >= 4 is 0 Å². The van der Waals surface area contributed by atoms with Crippen LogP contribution in [0.25, 0.3) is 0 Å². The van der Waals surface area contributed by atoms with Crippen LogP contribution in [-0.4, -0.2) is 10.7 Å². The summed E-state index contributed by atoms with van der Waals surface area (Å²) >= 11 is 0. The maximum atomic E-state index is 10.2. The minimum atomic E-state index is -0.491. The maximum Gasteiger partial charge on any atom is 0.0675 e. The lowest BCUT2D eigenvalue weighted by Crippen LogP contribution is -2.53. The molecule has 1 aliphatic carbocycles. The Balaban J connectivity index is 2.99. The first-order chi connectivity index (χ1) is 5.21. The molecule has 0 saturated heterocycles. The third-order valence-electron chi connectivity index (χ3n) is 4.50. The summed E-state index contributed by atoms with van der Waals surface area (Å²) in [6.07, 6.45) is 3.34. The fourth-order valence-corrected chi connectivity index (χ4v) is 2.23. The Labute approximate surface area is 76.2 Å². The van der Waals surface area contributed by atoms with Gasteiger partial charge in [0.2, 0.25) is 0 Å². The van der Waals surface area contributed by atoms with Crippen molar-refractivity contribution in [2.24, 2.45) is 10.8 Å². The number of aliphatic hydroxyl groups is 1. The van der Waals surface area contributed by atoms with E-state index in [1.807, 2.05) is 6.92 Å². The predicted molar refractivity (Wildman–Crippen MR) is 52.0 cm³/mol. The molecule has 1 aliphatic rings. The summed E-state index contributed by atoms with van der Waals surface area (Å²) < 4.78 is 0. The Morgan fingerprint density at radius 1 is 0.917 bits per heavy atom. The summed E-state index contributed by atoms with van der Waals surface area (Å²) in [5.41, 5.74) is -0.207. The first kappa shape index (κ1) is 10.0. The Kier molecular flexibility index (Phi) is 2.07. The monoisotopic (exact) mass is 170 g/mol. The molecule has 0 amide bonds. The van der Waals surface area contributed by atoms with Crippen molar-refractivity contribution in [3.05, 3.63) is 0 Å². The highest BCUT2D eigenvalue weighted by atomic mass is 16.3. The second kappa shape index (κ2) is 2.47. The predicted octanol–water partition coefficient (Wildman–Crippen LogP) is 2.97. The number of hydrogen-bond donors (Lipinski definition) is 1. The molecular formula is C11H22O. The fourth-order valence-electron chi connectivity index (χ4n) is 2.23. The number of rotatable bonds is 0. The van der Waals surface area contributed by atoms with Gasteiger partial charge in [-0.2, -0.15) is 0 Å². The molecule has 1 saturated carbocycles. The summed E-state index contributed by atoms with van der Waals surface area (Å²) in [5, 5.41) is 10.2. The van der Waals surface area contributed by atoms with E-state index < -0.39 is 5.60 Å². The molecule has 0 radical (unpaired) electrons. The normalized spacial score (nSPS) is 39.5. The summed E-state index contributed by atoms with van der Waals surface area (Å²) in [6, 6.07) is 0. The quantitative estimate of drug-likeness (QED) is 0.592. The van der Waals surface area contributed by atoms with Gasteiger partial charge in [0.05, 0.1) is 5.60 Å². The van der Waals surface area contributed by atoms with E-state index >= 15 is 0 Å². The van der Waals surface area contributed by atoms with E-state index in [1.54, 1.807) is 0 Å². The van der Waals surface area contributed by atoms with Gasteiger partial charge in [0.15, 0.2) is 0 Å². The van der Waals surface area contributed by atoms with Crippen molar-refractivity contribution in [2.75, 3.05) is 0 Å². The average molecular weight is 170 g/mol. The van der Waals surface area contributed by atoms with E-state index in [-0.39, 0.29) is 10.8 Å². The smallest absolute Gasteiger partial charge is 0.0675 e. The highest BCUT2D eigenvalue weighted by Gasteiger charge is 2.51. The van der Waals surface area contributed by atoms with Crippen LogP contribution in [0.15, 0.2) is 0 Å². The molecule has 1 atom stereocenters. The van der Waals surface area contributed by atoms with Crippen molar-refractivity contribution in [3.63, 3.8) is 0 Å². The molecule has 0 bridgehead atoms. The first-order valence-corrected chi connectivity index (χ1v) is 4.93. The van der Waals surface area contributed by atoms with Crippen molar-refractivity contribution in [1.29, 1.82) is 0 Å². The van der Waals surface area contributed by atoms with Crippen molar-refractivity contribution in [3.8, 4) is 0 Å². The third kappa shape index (κ3) is 1.19. The molecule has 1 unspecified atom stereocenters. The largest absolute Gasteiger partial charge is 0.390 e. The van der Waals surface area contributed by atoms with E-state index in [1.165, 1.54) is 6.42 Å². The molecule has 1 nitrogen and oxygen atoms in total. The van der Waals surface area contributed by atoms with E-state index in [0.717, 1.165) is 12.8 Å². The molecule has 0 aromatic rings. The van der Waals surface area contributed by atoms with Crippen molar-refractivity contribution in [2.45, 2.75) is 59.5 Å². The highest BCUT2D eigenvalue weighted by Crippen LogP contribution is 2.54. The summed E-state index contributed by atoms with van der Waals surface area (Å²) in [4.78, 5) is 0. The minimum Gasteiger partial charge on any atom is -0.390 e. The molecular weight excluding hydrogens is 148 g/mol. The van der Waals surface area contributed by atoms with Gasteiger partial charge in [0, 0.05) is 0 Å². The van der Waals surface area contributed by atoms with Crippen LogP contribution in [0.3, 0.4) is 0 Å². The fraction of sp³-hybridized carbons (Fsp3) is 1.00. The molecule has 1 rings (SSSR count). The maximum absolute atomic E-state index is 10.2. The van der Waals surface area contributed by atoms with Crippen LogP contribution in [-0.2, 0) is 0 Å². The Morgan fingerprint density at radius 2 is 1.42 bits per heavy atom. The van der Waals surface area contributed by atoms with E-state index in [4.69, 9.17) is 0 Å². The van der Waals surface area contributed by atoms with Gasteiger partial charge >= 0.3 is 0 Å². The average Bonchev–Trinajstić information content (AvgIpc) is 1.83. The van der Waals surface area contributed by atoms with Gasteiger partial charge in [0.25, 0.3) is 0 Å². The lowest BCUT2D eigenvalue weighted by Gasteiger charge is -2.54. The molecule has 0 spiro atoms. The molecule has 1 fully saturated rings. The summed E-state index contributed by atoms with van der Waals surface area (Å²) in [7, 11) is 0. The molecule has 0 aliphatic heterocycles. The van der Waals surface area contributed by atoms with Crippen LogP contribution in [0.5, 0.6) is 0 Å². The zero-order chi connectivity index (χ0) is 9.62. The Morgan fingerprint density at radius 3 is 1.75 bits per heavy atom. The van der Waals surface area contributed by atoms with Crippen LogP contribution >= 0.6 is 0 Å². The van der Waals surface area contributed by atoms with Gasteiger partial charge < -0.3 is 5.11 Å². The van der Waals surface area contributed by atoms with Gasteiger partial charge in [-0.1, -0.05) is 34.1 Å². The standard InChI is InChI=1S/C11H22O/c1-9(2)7-6-8-11(5,12)10(9,3)4/h12H,6-8H2,1-5H3. The van der Waals surface area contributed by atoms with Crippen molar-refractivity contribution < 1.29 is 5.11 Å². The van der Waals surface area contributed by atoms with Gasteiger partial charge in [0.1, 0.15) is 0 Å². The molecule has 72 valence electrons. The second-order valence-corrected chi connectivity index (χ2v) is 5.64. The van der Waals surface area contributed by atoms with Crippen LogP contribution < -0.4 is 0 Å². The highest BCUT2D eigenvalue weighted by molar-refractivity contribution is 5.02. The minimum absolute atomic E-state index is 0.0260. The Bertz CT molecular complexity index is 159. The molecule has 1 N–H and O–H groups in total. The Hall–Kier alpha value is -0.0400. The van der Waals surface area contributed by atoms with Gasteiger partial charge in [-0.3, -0.25) is 0 Å². The lowest BCUT2D eigenvalue weighted by atomic mass is 9.53. The summed E-state index contributed by atoms with van der Waals surface area (Å²) in [5.74, 6) is 0. The number of hydrogen-bond acceptors (Lipinski definition) is 1.